The molecule has 30 heavy (non-hydrogen) atoms. The normalized spacial score (nSPS) is 53.4. The lowest BCUT2D eigenvalue weighted by Gasteiger charge is -2.64. The van der Waals surface area contributed by atoms with Crippen LogP contribution in [0.1, 0.15) is 95.9 Å². The molecule has 0 bridgehead atoms. The van der Waals surface area contributed by atoms with Crippen LogP contribution in [0.15, 0.2) is 0 Å². The summed E-state index contributed by atoms with van der Waals surface area (Å²) in [7, 11) is 0. The van der Waals surface area contributed by atoms with Gasteiger partial charge in [0, 0.05) is 10.5 Å². The third-order valence-electron chi connectivity index (χ3n) is 10.7. The molecule has 0 radical (unpaired) electrons. The number of aliphatic hydroxyl groups excluding tert-OH is 2. The molecule has 3 N–H and O–H groups in total. The average Bonchev–Trinajstić information content (AvgIpc) is 3.06. The minimum absolute atomic E-state index is 0.0201. The van der Waals surface area contributed by atoms with Crippen molar-refractivity contribution in [3.05, 3.63) is 0 Å². The third-order valence-corrected chi connectivity index (χ3v) is 10.7. The molecule has 0 aromatic carbocycles. The number of carbonyl (C=O) groups is 1. The van der Waals surface area contributed by atoms with Gasteiger partial charge in [-0.15, -0.1) is 0 Å². The van der Waals surface area contributed by atoms with Crippen LogP contribution in [0.5, 0.6) is 0 Å². The molecule has 4 nitrogen and oxygen atoms in total. The number of carboxylic acids is 1. The van der Waals surface area contributed by atoms with Crippen molar-refractivity contribution in [2.75, 3.05) is 0 Å². The second kappa shape index (κ2) is 8.06. The highest BCUT2D eigenvalue weighted by Gasteiger charge is 2.64. The molecular formula is C26H44O4. The molecule has 4 aliphatic rings. The molecule has 0 unspecified atom stereocenters. The summed E-state index contributed by atoms with van der Waals surface area (Å²) in [5, 5.41) is 31.5. The zero-order valence-electron chi connectivity index (χ0n) is 22.0. The second-order valence-corrected chi connectivity index (χ2v) is 11.8. The minimum atomic E-state index is -2.09. The van der Waals surface area contributed by atoms with Gasteiger partial charge in [-0.2, -0.15) is 0 Å². The lowest BCUT2D eigenvalue weighted by atomic mass is 9.41. The summed E-state index contributed by atoms with van der Waals surface area (Å²) in [4.78, 5) is 11.2. The molecule has 0 heterocycles. The van der Waals surface area contributed by atoms with Crippen molar-refractivity contribution in [3.8, 4) is 0 Å². The van der Waals surface area contributed by atoms with Crippen molar-refractivity contribution in [2.24, 2.45) is 52.3 Å². The molecule has 0 spiro atoms. The molecule has 4 rings (SSSR count). The molecule has 0 aromatic rings. The van der Waals surface area contributed by atoms with Crippen LogP contribution in [-0.2, 0) is 4.79 Å². The van der Waals surface area contributed by atoms with E-state index in [1.807, 2.05) is 0 Å². The lowest BCUT2D eigenvalue weighted by molar-refractivity contribution is -0.203. The van der Waals surface area contributed by atoms with Crippen LogP contribution in [0.2, 0.25) is 0 Å². The standard InChI is InChI=1S/C26H44O4/c1-5-17-21-14-16(27)10-12-26(21,4)20-11-13-25(3)18(15(2)6-9-22(28)29)7-8-19(25)23(20)24(17)30/h15-21,23-24,27,30H,5-14H2,1-4H3,(H,28,29)/t15-,16-,17-,18-,19+,20+,21+,23+,24-,25-,26-/m1/s1/i1D3. The first kappa shape index (κ1) is 18.9. The minimum Gasteiger partial charge on any atom is -0.481 e. The smallest absolute Gasteiger partial charge is 0.303 e. The number of aliphatic hydroxyl groups is 2. The number of aliphatic carboxylic acids is 1. The summed E-state index contributed by atoms with van der Waals surface area (Å²) in [5.41, 5.74) is 0.0371. The third kappa shape index (κ3) is 3.36. The Balaban J connectivity index is 1.65. The largest absolute Gasteiger partial charge is 0.481 e. The molecule has 0 aromatic heterocycles. The predicted octanol–water partition coefficient (Wildman–Crippen LogP) is 5.11. The Morgan fingerprint density at radius 2 is 1.77 bits per heavy atom. The number of hydrogen-bond acceptors (Lipinski definition) is 3. The van der Waals surface area contributed by atoms with Gasteiger partial charge in [0.2, 0.25) is 0 Å². The predicted molar refractivity (Wildman–Crippen MR) is 118 cm³/mol. The Kier molecular flexibility index (Phi) is 5.08. The van der Waals surface area contributed by atoms with E-state index in [4.69, 9.17) is 4.11 Å². The van der Waals surface area contributed by atoms with Gasteiger partial charge in [-0.25, -0.2) is 0 Å². The van der Waals surface area contributed by atoms with Crippen LogP contribution in [0.25, 0.3) is 0 Å². The van der Waals surface area contributed by atoms with Gasteiger partial charge in [0.15, 0.2) is 0 Å². The van der Waals surface area contributed by atoms with E-state index in [9.17, 15) is 20.1 Å². The summed E-state index contributed by atoms with van der Waals surface area (Å²) in [6, 6.07) is 0. The Bertz CT molecular complexity index is 742. The van der Waals surface area contributed by atoms with Gasteiger partial charge in [0.25, 0.3) is 0 Å². The zero-order chi connectivity index (χ0) is 24.3. The van der Waals surface area contributed by atoms with Gasteiger partial charge < -0.3 is 15.3 Å². The van der Waals surface area contributed by atoms with Crippen LogP contribution in [0, 0.1) is 52.3 Å². The highest BCUT2D eigenvalue weighted by atomic mass is 16.4. The summed E-state index contributed by atoms with van der Waals surface area (Å²) < 4.78 is 23.9. The summed E-state index contributed by atoms with van der Waals surface area (Å²) in [6.07, 6.45) is 6.41. The first-order valence-electron chi connectivity index (χ1n) is 13.9. The molecule has 11 atom stereocenters. The maximum atomic E-state index is 11.8. The van der Waals surface area contributed by atoms with Crippen LogP contribution < -0.4 is 0 Å². The summed E-state index contributed by atoms with van der Waals surface area (Å²) >= 11 is 0. The first-order chi connectivity index (χ1) is 15.3. The van der Waals surface area contributed by atoms with Crippen molar-refractivity contribution in [2.45, 2.75) is 104 Å². The average molecular weight is 424 g/mol. The highest BCUT2D eigenvalue weighted by molar-refractivity contribution is 5.66. The molecule has 0 amide bonds. The van der Waals surface area contributed by atoms with E-state index in [0.29, 0.717) is 36.5 Å². The Labute approximate surface area is 187 Å². The molecular weight excluding hydrogens is 376 g/mol. The van der Waals surface area contributed by atoms with E-state index in [1.54, 1.807) is 0 Å². The van der Waals surface area contributed by atoms with E-state index < -0.39 is 25.0 Å². The van der Waals surface area contributed by atoms with Crippen molar-refractivity contribution < 1.29 is 24.2 Å². The van der Waals surface area contributed by atoms with Gasteiger partial charge in [-0.05, 0) is 104 Å². The fourth-order valence-electron chi connectivity index (χ4n) is 9.22. The molecule has 4 saturated carbocycles. The highest BCUT2D eigenvalue weighted by Crippen LogP contribution is 2.69. The Hall–Kier alpha value is -0.610. The maximum absolute atomic E-state index is 11.8. The van der Waals surface area contributed by atoms with Crippen LogP contribution in [0.4, 0.5) is 0 Å². The lowest BCUT2D eigenvalue weighted by Crippen LogP contribution is -2.62. The fraction of sp³-hybridized carbons (Fsp3) is 0.962. The number of carboxylic acid groups (broad SMARTS) is 1. The van der Waals surface area contributed by atoms with Crippen molar-refractivity contribution in [3.63, 3.8) is 0 Å². The molecule has 4 fully saturated rings. The quantitative estimate of drug-likeness (QED) is 0.574. The van der Waals surface area contributed by atoms with Gasteiger partial charge in [0.1, 0.15) is 0 Å². The van der Waals surface area contributed by atoms with Gasteiger partial charge in [-0.3, -0.25) is 4.79 Å². The number of fused-ring (bicyclic) bond motifs is 5. The maximum Gasteiger partial charge on any atom is 0.303 e. The van der Waals surface area contributed by atoms with E-state index in [2.05, 4.69) is 20.8 Å². The fourth-order valence-corrected chi connectivity index (χ4v) is 9.22. The molecule has 4 heteroatoms. The van der Waals surface area contributed by atoms with E-state index in [1.165, 1.54) is 0 Å². The molecule has 172 valence electrons. The molecule has 4 aliphatic carbocycles. The van der Waals surface area contributed by atoms with Gasteiger partial charge in [0.05, 0.1) is 12.2 Å². The van der Waals surface area contributed by atoms with E-state index in [0.717, 1.165) is 38.5 Å². The molecule has 0 aliphatic heterocycles. The number of hydrogen-bond donors (Lipinski definition) is 3. The first-order valence-corrected chi connectivity index (χ1v) is 12.4. The van der Waals surface area contributed by atoms with Crippen molar-refractivity contribution in [1.82, 2.24) is 0 Å². The SMILES string of the molecule is [2H]C([2H])([2H])C[C@H]1[C@@H](O)[C@@H]2[C@H](CC[C@]3(C)[C@@H]([C@H](C)CCC(=O)O)CC[C@@H]23)[C@@]2(C)CC[C@@H](O)C[C@@H]12. The van der Waals surface area contributed by atoms with Crippen molar-refractivity contribution >= 4 is 5.97 Å². The van der Waals surface area contributed by atoms with Gasteiger partial charge in [-0.1, -0.05) is 34.0 Å². The van der Waals surface area contributed by atoms with E-state index in [-0.39, 0.29) is 41.4 Å². The Morgan fingerprint density at radius 3 is 2.47 bits per heavy atom. The monoisotopic (exact) mass is 423 g/mol. The van der Waals surface area contributed by atoms with Crippen LogP contribution >= 0.6 is 0 Å². The van der Waals surface area contributed by atoms with Crippen LogP contribution in [0.3, 0.4) is 0 Å². The Morgan fingerprint density at radius 1 is 1.07 bits per heavy atom. The van der Waals surface area contributed by atoms with Crippen molar-refractivity contribution in [1.29, 1.82) is 0 Å². The van der Waals surface area contributed by atoms with Gasteiger partial charge >= 0.3 is 5.97 Å². The number of rotatable bonds is 5. The molecule has 0 saturated heterocycles. The van der Waals surface area contributed by atoms with E-state index >= 15 is 0 Å². The zero-order valence-corrected chi connectivity index (χ0v) is 19.0. The van der Waals surface area contributed by atoms with Crippen LogP contribution in [-0.4, -0.2) is 33.5 Å². The topological polar surface area (TPSA) is 77.8 Å². The summed E-state index contributed by atoms with van der Waals surface area (Å²) in [6.45, 7) is 4.79. The summed E-state index contributed by atoms with van der Waals surface area (Å²) in [5.74, 6) is 0.618. The second-order valence-electron chi connectivity index (χ2n) is 11.8.